The highest BCUT2D eigenvalue weighted by molar-refractivity contribution is 5.76. The molecule has 0 spiro atoms. The summed E-state index contributed by atoms with van der Waals surface area (Å²) in [6, 6.07) is 5.74. The van der Waals surface area contributed by atoms with E-state index in [0.29, 0.717) is 12.2 Å². The first kappa shape index (κ1) is 14.0. The zero-order valence-corrected chi connectivity index (χ0v) is 12.1. The van der Waals surface area contributed by atoms with Gasteiger partial charge in [0.1, 0.15) is 5.82 Å². The van der Waals surface area contributed by atoms with Crippen LogP contribution in [0.2, 0.25) is 0 Å². The number of rotatable bonds is 3. The lowest BCUT2D eigenvalue weighted by molar-refractivity contribution is 0.138. The Morgan fingerprint density at radius 2 is 2.05 bits per heavy atom. The Kier molecular flexibility index (Phi) is 3.65. The van der Waals surface area contributed by atoms with E-state index in [1.54, 1.807) is 0 Å². The molecule has 1 aromatic carbocycles. The molecular weight excluding hydrogens is 238 g/mol. The van der Waals surface area contributed by atoms with Crippen LogP contribution in [0, 0.1) is 0 Å². The highest BCUT2D eigenvalue weighted by Gasteiger charge is 2.20. The summed E-state index contributed by atoms with van der Waals surface area (Å²) in [5, 5.41) is 9.80. The van der Waals surface area contributed by atoms with Crippen LogP contribution in [-0.2, 0) is 5.41 Å². The number of nitrogens with zero attached hydrogens (tertiary/aromatic N) is 1. The Bertz CT molecular complexity index is 568. The quantitative estimate of drug-likeness (QED) is 0.795. The van der Waals surface area contributed by atoms with Crippen LogP contribution in [0.1, 0.15) is 51.5 Å². The Hall–Kier alpha value is -1.39. The van der Waals surface area contributed by atoms with Crippen molar-refractivity contribution in [1.82, 2.24) is 9.97 Å². The SMILES string of the molecule is CCC(O)C(N)c1nc2ccc(C(C)(C)C)cc2[nH]1. The highest BCUT2D eigenvalue weighted by Crippen LogP contribution is 2.26. The molecule has 104 valence electrons. The monoisotopic (exact) mass is 261 g/mol. The summed E-state index contributed by atoms with van der Waals surface area (Å²) in [6.07, 6.45) is 0.0495. The molecule has 4 nitrogen and oxygen atoms in total. The molecule has 2 rings (SSSR count). The van der Waals surface area contributed by atoms with E-state index in [1.165, 1.54) is 5.56 Å². The first-order valence-corrected chi connectivity index (χ1v) is 6.76. The molecule has 0 radical (unpaired) electrons. The molecule has 0 saturated heterocycles. The molecule has 0 saturated carbocycles. The van der Waals surface area contributed by atoms with Gasteiger partial charge in [-0.3, -0.25) is 0 Å². The van der Waals surface area contributed by atoms with Gasteiger partial charge in [0.2, 0.25) is 0 Å². The third kappa shape index (κ3) is 2.80. The second-order valence-corrected chi connectivity index (χ2v) is 6.11. The maximum absolute atomic E-state index is 9.80. The maximum atomic E-state index is 9.80. The predicted molar refractivity (Wildman–Crippen MR) is 78.0 cm³/mol. The number of aromatic amines is 1. The summed E-state index contributed by atoms with van der Waals surface area (Å²) < 4.78 is 0. The van der Waals surface area contributed by atoms with Crippen molar-refractivity contribution in [2.75, 3.05) is 0 Å². The summed E-state index contributed by atoms with van der Waals surface area (Å²) in [5.41, 5.74) is 9.21. The predicted octanol–water partition coefficient (Wildman–Crippen LogP) is 2.63. The lowest BCUT2D eigenvalue weighted by Gasteiger charge is -2.18. The zero-order chi connectivity index (χ0) is 14.2. The van der Waals surface area contributed by atoms with Gasteiger partial charge in [0.25, 0.3) is 0 Å². The number of aromatic nitrogens is 2. The van der Waals surface area contributed by atoms with Crippen molar-refractivity contribution in [2.24, 2.45) is 5.73 Å². The fourth-order valence-corrected chi connectivity index (χ4v) is 2.09. The van der Waals surface area contributed by atoms with Gasteiger partial charge in [-0.2, -0.15) is 0 Å². The summed E-state index contributed by atoms with van der Waals surface area (Å²) in [4.78, 5) is 7.69. The van der Waals surface area contributed by atoms with Crippen molar-refractivity contribution in [3.05, 3.63) is 29.6 Å². The number of aliphatic hydroxyl groups excluding tert-OH is 1. The Morgan fingerprint density at radius 1 is 1.37 bits per heavy atom. The molecule has 19 heavy (non-hydrogen) atoms. The van der Waals surface area contributed by atoms with E-state index in [2.05, 4.69) is 42.9 Å². The summed E-state index contributed by atoms with van der Waals surface area (Å²) in [5.74, 6) is 0.649. The molecule has 4 N–H and O–H groups in total. The maximum Gasteiger partial charge on any atom is 0.126 e. The topological polar surface area (TPSA) is 74.9 Å². The van der Waals surface area contributed by atoms with E-state index in [-0.39, 0.29) is 5.41 Å². The van der Waals surface area contributed by atoms with Gasteiger partial charge in [0.05, 0.1) is 23.2 Å². The van der Waals surface area contributed by atoms with Crippen molar-refractivity contribution in [3.63, 3.8) is 0 Å². The van der Waals surface area contributed by atoms with Crippen molar-refractivity contribution < 1.29 is 5.11 Å². The number of nitrogens with two attached hydrogens (primary N) is 1. The first-order chi connectivity index (χ1) is 8.82. The molecule has 0 aliphatic rings. The molecule has 0 fully saturated rings. The van der Waals surface area contributed by atoms with E-state index >= 15 is 0 Å². The average molecular weight is 261 g/mol. The zero-order valence-electron chi connectivity index (χ0n) is 12.1. The fraction of sp³-hybridized carbons (Fsp3) is 0.533. The van der Waals surface area contributed by atoms with Crippen LogP contribution in [0.3, 0.4) is 0 Å². The summed E-state index contributed by atoms with van der Waals surface area (Å²) in [6.45, 7) is 8.44. The lowest BCUT2D eigenvalue weighted by Crippen LogP contribution is -2.26. The molecule has 0 aliphatic heterocycles. The van der Waals surface area contributed by atoms with Crippen molar-refractivity contribution in [1.29, 1.82) is 0 Å². The van der Waals surface area contributed by atoms with E-state index in [4.69, 9.17) is 5.73 Å². The fourth-order valence-electron chi connectivity index (χ4n) is 2.09. The van der Waals surface area contributed by atoms with E-state index in [9.17, 15) is 5.11 Å². The molecule has 0 aliphatic carbocycles. The largest absolute Gasteiger partial charge is 0.391 e. The van der Waals surface area contributed by atoms with Crippen LogP contribution >= 0.6 is 0 Å². The van der Waals surface area contributed by atoms with E-state index in [1.807, 2.05) is 13.0 Å². The van der Waals surface area contributed by atoms with Crippen LogP contribution < -0.4 is 5.73 Å². The summed E-state index contributed by atoms with van der Waals surface area (Å²) in [7, 11) is 0. The van der Waals surface area contributed by atoms with E-state index < -0.39 is 12.1 Å². The molecule has 2 unspecified atom stereocenters. The number of imidazole rings is 1. The summed E-state index contributed by atoms with van der Waals surface area (Å²) >= 11 is 0. The molecule has 1 aromatic heterocycles. The second kappa shape index (κ2) is 4.94. The van der Waals surface area contributed by atoms with Crippen LogP contribution in [0.5, 0.6) is 0 Å². The highest BCUT2D eigenvalue weighted by atomic mass is 16.3. The molecular formula is C15H23N3O. The number of H-pyrrole nitrogens is 1. The third-order valence-electron chi connectivity index (χ3n) is 3.51. The number of fused-ring (bicyclic) bond motifs is 1. The standard InChI is InChI=1S/C15H23N3O/c1-5-12(19)13(16)14-17-10-7-6-9(15(2,3)4)8-11(10)18-14/h6-8,12-13,19H,5,16H2,1-4H3,(H,17,18). The lowest BCUT2D eigenvalue weighted by atomic mass is 9.87. The molecule has 0 bridgehead atoms. The number of nitrogens with one attached hydrogen (secondary N) is 1. The van der Waals surface area contributed by atoms with Crippen molar-refractivity contribution in [3.8, 4) is 0 Å². The first-order valence-electron chi connectivity index (χ1n) is 6.76. The van der Waals surface area contributed by atoms with Gasteiger partial charge in [-0.1, -0.05) is 33.8 Å². The minimum atomic E-state index is -0.567. The Morgan fingerprint density at radius 3 is 2.63 bits per heavy atom. The number of hydrogen-bond donors (Lipinski definition) is 3. The van der Waals surface area contributed by atoms with Gasteiger partial charge in [-0.05, 0) is 29.5 Å². The molecule has 2 aromatic rings. The van der Waals surface area contributed by atoms with Gasteiger partial charge in [0, 0.05) is 0 Å². The third-order valence-corrected chi connectivity index (χ3v) is 3.51. The van der Waals surface area contributed by atoms with Gasteiger partial charge in [-0.25, -0.2) is 4.98 Å². The van der Waals surface area contributed by atoms with Crippen molar-refractivity contribution >= 4 is 11.0 Å². The molecule has 0 amide bonds. The van der Waals surface area contributed by atoms with Gasteiger partial charge < -0.3 is 15.8 Å². The van der Waals surface area contributed by atoms with Crippen LogP contribution in [0.25, 0.3) is 11.0 Å². The minimum absolute atomic E-state index is 0.102. The van der Waals surface area contributed by atoms with Crippen LogP contribution in [0.4, 0.5) is 0 Å². The average Bonchev–Trinajstić information content (AvgIpc) is 2.78. The van der Waals surface area contributed by atoms with Gasteiger partial charge >= 0.3 is 0 Å². The molecule has 1 heterocycles. The van der Waals surface area contributed by atoms with E-state index in [0.717, 1.165) is 11.0 Å². The number of benzene rings is 1. The smallest absolute Gasteiger partial charge is 0.126 e. The van der Waals surface area contributed by atoms with Gasteiger partial charge in [-0.15, -0.1) is 0 Å². The minimum Gasteiger partial charge on any atom is -0.391 e. The van der Waals surface area contributed by atoms with Crippen LogP contribution in [0.15, 0.2) is 18.2 Å². The number of hydrogen-bond acceptors (Lipinski definition) is 3. The Labute approximate surface area is 114 Å². The molecule has 2 atom stereocenters. The normalized spacial score (nSPS) is 15.7. The van der Waals surface area contributed by atoms with Gasteiger partial charge in [0.15, 0.2) is 0 Å². The number of aliphatic hydroxyl groups is 1. The van der Waals surface area contributed by atoms with Crippen LogP contribution in [-0.4, -0.2) is 21.2 Å². The Balaban J connectivity index is 2.41. The second-order valence-electron chi connectivity index (χ2n) is 6.11. The molecule has 4 heteroatoms. The van der Waals surface area contributed by atoms with Crippen molar-refractivity contribution in [2.45, 2.75) is 51.7 Å².